The smallest absolute Gasteiger partial charge is 0.255 e. The van der Waals surface area contributed by atoms with Crippen molar-refractivity contribution in [2.75, 3.05) is 26.3 Å². The van der Waals surface area contributed by atoms with Crippen molar-refractivity contribution in [3.05, 3.63) is 35.6 Å². The van der Waals surface area contributed by atoms with Crippen LogP contribution in [0.25, 0.3) is 0 Å². The van der Waals surface area contributed by atoms with Gasteiger partial charge in [-0.3, -0.25) is 19.3 Å². The third-order valence-electron chi connectivity index (χ3n) is 4.44. The van der Waals surface area contributed by atoms with Crippen molar-refractivity contribution in [3.63, 3.8) is 0 Å². The van der Waals surface area contributed by atoms with Gasteiger partial charge in [-0.2, -0.15) is 0 Å². The molecule has 3 rings (SSSR count). The van der Waals surface area contributed by atoms with Crippen LogP contribution in [0, 0.1) is 5.82 Å². The van der Waals surface area contributed by atoms with Gasteiger partial charge >= 0.3 is 0 Å². The van der Waals surface area contributed by atoms with Crippen molar-refractivity contribution < 1.29 is 23.5 Å². The van der Waals surface area contributed by atoms with E-state index in [4.69, 9.17) is 4.74 Å². The highest BCUT2D eigenvalue weighted by Gasteiger charge is 2.35. The van der Waals surface area contributed by atoms with Gasteiger partial charge < -0.3 is 9.64 Å². The van der Waals surface area contributed by atoms with Gasteiger partial charge in [0.2, 0.25) is 5.91 Å². The summed E-state index contributed by atoms with van der Waals surface area (Å²) in [6.07, 6.45) is 1.37. The Morgan fingerprint density at radius 3 is 2.25 bits per heavy atom. The molecule has 0 N–H and O–H groups in total. The van der Waals surface area contributed by atoms with E-state index in [9.17, 15) is 18.8 Å². The lowest BCUT2D eigenvalue weighted by Gasteiger charge is -2.38. The zero-order valence-corrected chi connectivity index (χ0v) is 13.2. The molecule has 2 aliphatic rings. The Balaban J connectivity index is 1.54. The van der Waals surface area contributed by atoms with Crippen LogP contribution in [-0.4, -0.2) is 59.9 Å². The SMILES string of the molecule is O=C(Cc1ccc(F)cc1)N1CCC(N2C(=O)COCC2=O)CC1. The second-order valence-electron chi connectivity index (χ2n) is 6.07. The first-order valence-corrected chi connectivity index (χ1v) is 7.99. The van der Waals surface area contributed by atoms with E-state index in [1.54, 1.807) is 17.0 Å². The average Bonchev–Trinajstić information content (AvgIpc) is 2.57. The summed E-state index contributed by atoms with van der Waals surface area (Å²) in [6, 6.07) is 5.72. The minimum absolute atomic E-state index is 0.0281. The molecule has 2 aliphatic heterocycles. The molecule has 6 nitrogen and oxygen atoms in total. The third kappa shape index (κ3) is 3.62. The minimum atomic E-state index is -0.327. The number of hydrogen-bond acceptors (Lipinski definition) is 4. The normalized spacial score (nSPS) is 19.7. The summed E-state index contributed by atoms with van der Waals surface area (Å²) in [5.41, 5.74) is 0.766. The van der Waals surface area contributed by atoms with Crippen LogP contribution in [0.4, 0.5) is 4.39 Å². The largest absolute Gasteiger partial charge is 0.362 e. The molecule has 0 radical (unpaired) electrons. The number of piperidine rings is 1. The Labute approximate surface area is 139 Å². The van der Waals surface area contributed by atoms with Gasteiger partial charge in [0.15, 0.2) is 0 Å². The first-order valence-electron chi connectivity index (χ1n) is 7.99. The van der Waals surface area contributed by atoms with Crippen LogP contribution in [0.15, 0.2) is 24.3 Å². The number of halogens is 1. The van der Waals surface area contributed by atoms with Gasteiger partial charge in [0.05, 0.1) is 6.42 Å². The van der Waals surface area contributed by atoms with Gasteiger partial charge in [-0.15, -0.1) is 0 Å². The highest BCUT2D eigenvalue weighted by molar-refractivity contribution is 5.98. The van der Waals surface area contributed by atoms with Crippen LogP contribution in [0.3, 0.4) is 0 Å². The molecule has 2 fully saturated rings. The number of carbonyl (C=O) groups is 3. The molecule has 0 atom stereocenters. The molecule has 2 heterocycles. The molecular weight excluding hydrogens is 315 g/mol. The van der Waals surface area contributed by atoms with Crippen LogP contribution < -0.4 is 0 Å². The summed E-state index contributed by atoms with van der Waals surface area (Å²) in [4.78, 5) is 39.1. The predicted octanol–water partition coefficient (Wildman–Crippen LogP) is 0.745. The number of ether oxygens (including phenoxy) is 1. The van der Waals surface area contributed by atoms with E-state index in [1.807, 2.05) is 0 Å². The highest BCUT2D eigenvalue weighted by atomic mass is 19.1. The lowest BCUT2D eigenvalue weighted by atomic mass is 10.0. The maximum absolute atomic E-state index is 12.9. The summed E-state index contributed by atoms with van der Waals surface area (Å²) < 4.78 is 17.8. The van der Waals surface area contributed by atoms with Gasteiger partial charge in [-0.25, -0.2) is 4.39 Å². The number of rotatable bonds is 3. The van der Waals surface area contributed by atoms with E-state index in [0.29, 0.717) is 25.9 Å². The van der Waals surface area contributed by atoms with Crippen LogP contribution in [-0.2, 0) is 25.5 Å². The molecule has 1 aromatic rings. The van der Waals surface area contributed by atoms with E-state index in [0.717, 1.165) is 5.56 Å². The fourth-order valence-electron chi connectivity index (χ4n) is 3.17. The lowest BCUT2D eigenvalue weighted by molar-refractivity contribution is -0.162. The van der Waals surface area contributed by atoms with Crippen molar-refractivity contribution >= 4 is 17.7 Å². The second kappa shape index (κ2) is 7.09. The number of imide groups is 1. The molecular formula is C17H19FN2O4. The molecule has 1 aromatic carbocycles. The summed E-state index contributed by atoms with van der Waals surface area (Å²) in [5.74, 6) is -0.962. The average molecular weight is 334 g/mol. The van der Waals surface area contributed by atoms with Gasteiger partial charge in [-0.05, 0) is 30.5 Å². The minimum Gasteiger partial charge on any atom is -0.362 e. The first kappa shape index (κ1) is 16.6. The number of likely N-dealkylation sites (tertiary alicyclic amines) is 1. The molecule has 0 saturated carbocycles. The van der Waals surface area contributed by atoms with E-state index in [1.165, 1.54) is 17.0 Å². The molecule has 0 aromatic heterocycles. The Morgan fingerprint density at radius 2 is 1.67 bits per heavy atom. The highest BCUT2D eigenvalue weighted by Crippen LogP contribution is 2.20. The quantitative estimate of drug-likeness (QED) is 0.765. The Hall–Kier alpha value is -2.28. The van der Waals surface area contributed by atoms with Crippen LogP contribution in [0.5, 0.6) is 0 Å². The second-order valence-corrected chi connectivity index (χ2v) is 6.07. The number of nitrogens with zero attached hydrogens (tertiary/aromatic N) is 2. The standard InChI is InChI=1S/C17H19FN2O4/c18-13-3-1-12(2-4-13)9-15(21)19-7-5-14(6-8-19)20-16(22)10-24-11-17(20)23/h1-4,14H,5-11H2. The van der Waals surface area contributed by atoms with E-state index in [2.05, 4.69) is 0 Å². The lowest BCUT2D eigenvalue weighted by Crippen LogP contribution is -2.55. The van der Waals surface area contributed by atoms with Crippen molar-refractivity contribution in [1.29, 1.82) is 0 Å². The number of carbonyl (C=O) groups excluding carboxylic acids is 3. The third-order valence-corrected chi connectivity index (χ3v) is 4.44. The maximum Gasteiger partial charge on any atom is 0.255 e. The van der Waals surface area contributed by atoms with E-state index in [-0.39, 0.29) is 49.2 Å². The molecule has 7 heteroatoms. The van der Waals surface area contributed by atoms with Crippen LogP contribution >= 0.6 is 0 Å². The number of hydrogen-bond donors (Lipinski definition) is 0. The van der Waals surface area contributed by atoms with E-state index < -0.39 is 0 Å². The van der Waals surface area contributed by atoms with E-state index >= 15 is 0 Å². The number of amides is 3. The van der Waals surface area contributed by atoms with Crippen LogP contribution in [0.2, 0.25) is 0 Å². The zero-order valence-electron chi connectivity index (χ0n) is 13.2. The first-order chi connectivity index (χ1) is 11.5. The Kier molecular flexibility index (Phi) is 4.89. The topological polar surface area (TPSA) is 66.9 Å². The molecule has 128 valence electrons. The summed E-state index contributed by atoms with van der Waals surface area (Å²) in [6.45, 7) is 0.885. The molecule has 0 spiro atoms. The van der Waals surface area contributed by atoms with Crippen molar-refractivity contribution in [3.8, 4) is 0 Å². The summed E-state index contributed by atoms with van der Waals surface area (Å²) >= 11 is 0. The molecule has 3 amide bonds. The number of benzene rings is 1. The molecule has 0 aliphatic carbocycles. The molecule has 0 unspecified atom stereocenters. The Bertz CT molecular complexity index is 622. The number of morpholine rings is 1. The van der Waals surface area contributed by atoms with Crippen LogP contribution in [0.1, 0.15) is 18.4 Å². The van der Waals surface area contributed by atoms with Gasteiger partial charge in [0.1, 0.15) is 19.0 Å². The summed E-state index contributed by atoms with van der Waals surface area (Å²) in [7, 11) is 0. The van der Waals surface area contributed by atoms with Crippen molar-refractivity contribution in [2.24, 2.45) is 0 Å². The van der Waals surface area contributed by atoms with Gasteiger partial charge in [-0.1, -0.05) is 12.1 Å². The summed E-state index contributed by atoms with van der Waals surface area (Å²) in [5, 5.41) is 0. The van der Waals surface area contributed by atoms with Gasteiger partial charge in [0, 0.05) is 19.1 Å². The monoisotopic (exact) mass is 334 g/mol. The fourth-order valence-corrected chi connectivity index (χ4v) is 3.17. The molecule has 0 bridgehead atoms. The molecule has 24 heavy (non-hydrogen) atoms. The molecule has 2 saturated heterocycles. The van der Waals surface area contributed by atoms with Crippen molar-refractivity contribution in [2.45, 2.75) is 25.3 Å². The van der Waals surface area contributed by atoms with Gasteiger partial charge in [0.25, 0.3) is 11.8 Å². The van der Waals surface area contributed by atoms with Crippen molar-refractivity contribution in [1.82, 2.24) is 9.80 Å². The zero-order chi connectivity index (χ0) is 17.1. The predicted molar refractivity (Wildman–Crippen MR) is 82.4 cm³/mol. The maximum atomic E-state index is 12.9. The fraction of sp³-hybridized carbons (Fsp3) is 0.471. The Morgan fingerprint density at radius 1 is 1.08 bits per heavy atom.